The second-order valence-corrected chi connectivity index (χ2v) is 8.16. The third kappa shape index (κ3) is 4.84. The van der Waals surface area contributed by atoms with Crippen LogP contribution in [0.3, 0.4) is 0 Å². The van der Waals surface area contributed by atoms with Crippen molar-refractivity contribution in [2.45, 2.75) is 19.9 Å². The van der Waals surface area contributed by atoms with Gasteiger partial charge in [-0.15, -0.1) is 0 Å². The maximum absolute atomic E-state index is 13.1. The zero-order valence-corrected chi connectivity index (χ0v) is 19.5. The Morgan fingerprint density at radius 2 is 1.79 bits per heavy atom. The summed E-state index contributed by atoms with van der Waals surface area (Å²) in [5.41, 5.74) is 1.91. The van der Waals surface area contributed by atoms with Crippen LogP contribution in [-0.2, 0) is 9.53 Å². The number of urea groups is 1. The fourth-order valence-electron chi connectivity index (χ4n) is 4.43. The molecule has 180 valence electrons. The summed E-state index contributed by atoms with van der Waals surface area (Å²) in [5.74, 6) is -0.239. The summed E-state index contributed by atoms with van der Waals surface area (Å²) in [6.45, 7) is 7.00. The number of piperazine rings is 1. The number of nitrogens with one attached hydrogen (secondary N) is 1. The molecular weight excluding hydrogens is 436 g/mol. The monoisotopic (exact) mass is 466 g/mol. The molecule has 9 nitrogen and oxygen atoms in total. The van der Waals surface area contributed by atoms with Crippen LogP contribution in [0.1, 0.15) is 36.0 Å². The fraction of sp³-hybridized carbons (Fsp3) is 0.400. The number of ether oxygens (including phenoxy) is 1. The highest BCUT2D eigenvalue weighted by Gasteiger charge is 2.38. The van der Waals surface area contributed by atoms with Gasteiger partial charge in [0, 0.05) is 45.0 Å². The van der Waals surface area contributed by atoms with Crippen LogP contribution in [0.15, 0.2) is 64.4 Å². The van der Waals surface area contributed by atoms with Crippen molar-refractivity contribution in [1.29, 1.82) is 0 Å². The Labute approximate surface area is 198 Å². The molecule has 0 radical (unpaired) electrons. The second-order valence-electron chi connectivity index (χ2n) is 8.16. The molecule has 0 aliphatic carbocycles. The lowest BCUT2D eigenvalue weighted by Gasteiger charge is -2.40. The molecular formula is C25H30N4O5. The minimum Gasteiger partial charge on any atom is -0.463 e. The standard InChI is InChI=1S/C25H30N4O5/c1-3-29-19(17-27-12-14-28(15-13-27)23(30)20-11-8-16-34-20)21(24(31)33-4-2)22(26-25(29)32)18-9-6-5-7-10-18/h5-11,16,22H,3-4,12-15,17H2,1-2H3,(H,26,32). The highest BCUT2D eigenvalue weighted by Crippen LogP contribution is 2.32. The largest absolute Gasteiger partial charge is 0.463 e. The summed E-state index contributed by atoms with van der Waals surface area (Å²) in [7, 11) is 0. The van der Waals surface area contributed by atoms with Crippen LogP contribution in [-0.4, -0.2) is 78.5 Å². The van der Waals surface area contributed by atoms with Crippen LogP contribution in [0.4, 0.5) is 4.79 Å². The van der Waals surface area contributed by atoms with Crippen LogP contribution in [0.5, 0.6) is 0 Å². The normalized spacial score (nSPS) is 19.2. The number of rotatable bonds is 7. The van der Waals surface area contributed by atoms with E-state index in [1.54, 1.807) is 28.9 Å². The van der Waals surface area contributed by atoms with E-state index in [4.69, 9.17) is 9.15 Å². The molecule has 0 spiro atoms. The van der Waals surface area contributed by atoms with Crippen molar-refractivity contribution in [1.82, 2.24) is 20.0 Å². The van der Waals surface area contributed by atoms with Gasteiger partial charge in [-0.25, -0.2) is 9.59 Å². The Morgan fingerprint density at radius 1 is 1.06 bits per heavy atom. The molecule has 0 saturated carbocycles. The van der Waals surface area contributed by atoms with Gasteiger partial charge in [0.15, 0.2) is 5.76 Å². The van der Waals surface area contributed by atoms with E-state index in [1.165, 1.54) is 6.26 Å². The van der Waals surface area contributed by atoms with Gasteiger partial charge in [-0.3, -0.25) is 14.6 Å². The predicted octanol–water partition coefficient (Wildman–Crippen LogP) is 2.64. The number of carbonyl (C=O) groups excluding carboxylic acids is 3. The highest BCUT2D eigenvalue weighted by atomic mass is 16.5. The number of amides is 3. The van der Waals surface area contributed by atoms with E-state index < -0.39 is 12.0 Å². The SMILES string of the molecule is CCOC(=O)C1=C(CN2CCN(C(=O)c3ccco3)CC2)N(CC)C(=O)NC1c1ccccc1. The molecule has 4 rings (SSSR count). The van der Waals surface area contributed by atoms with Gasteiger partial charge in [0.05, 0.1) is 24.5 Å². The van der Waals surface area contributed by atoms with Crippen molar-refractivity contribution in [3.05, 3.63) is 71.3 Å². The first-order valence-electron chi connectivity index (χ1n) is 11.6. The van der Waals surface area contributed by atoms with Gasteiger partial charge >= 0.3 is 12.0 Å². The number of carbonyl (C=O) groups is 3. The predicted molar refractivity (Wildman–Crippen MR) is 125 cm³/mol. The fourth-order valence-corrected chi connectivity index (χ4v) is 4.43. The Bertz CT molecular complexity index is 1040. The number of hydrogen-bond acceptors (Lipinski definition) is 6. The summed E-state index contributed by atoms with van der Waals surface area (Å²) in [4.78, 5) is 44.3. The topological polar surface area (TPSA) is 95.3 Å². The number of hydrogen-bond donors (Lipinski definition) is 1. The molecule has 0 bridgehead atoms. The molecule has 1 aromatic heterocycles. The molecule has 9 heteroatoms. The number of likely N-dealkylation sites (N-methyl/N-ethyl adjacent to an activating group) is 1. The smallest absolute Gasteiger partial charge is 0.338 e. The minimum atomic E-state index is -0.590. The van der Waals surface area contributed by atoms with E-state index in [0.717, 1.165) is 5.56 Å². The lowest BCUT2D eigenvalue weighted by molar-refractivity contribution is -0.139. The first-order chi connectivity index (χ1) is 16.5. The third-order valence-electron chi connectivity index (χ3n) is 6.15. The van der Waals surface area contributed by atoms with Gasteiger partial charge in [0.1, 0.15) is 0 Å². The van der Waals surface area contributed by atoms with Gasteiger partial charge in [-0.1, -0.05) is 30.3 Å². The Balaban J connectivity index is 1.59. The van der Waals surface area contributed by atoms with Gasteiger partial charge in [0.2, 0.25) is 0 Å². The average molecular weight is 467 g/mol. The average Bonchev–Trinajstić information content (AvgIpc) is 3.40. The zero-order valence-electron chi connectivity index (χ0n) is 19.5. The molecule has 34 heavy (non-hydrogen) atoms. The summed E-state index contributed by atoms with van der Waals surface area (Å²) in [6.07, 6.45) is 1.49. The summed E-state index contributed by atoms with van der Waals surface area (Å²) >= 11 is 0. The van der Waals surface area contributed by atoms with Crippen molar-refractivity contribution in [3.63, 3.8) is 0 Å². The van der Waals surface area contributed by atoms with Gasteiger partial charge < -0.3 is 19.4 Å². The van der Waals surface area contributed by atoms with E-state index in [1.807, 2.05) is 37.3 Å². The first kappa shape index (κ1) is 23.6. The summed E-state index contributed by atoms with van der Waals surface area (Å²) in [5, 5.41) is 2.97. The highest BCUT2D eigenvalue weighted by molar-refractivity contribution is 5.95. The number of benzene rings is 1. The van der Waals surface area contributed by atoms with Crippen molar-refractivity contribution >= 4 is 17.9 Å². The van der Waals surface area contributed by atoms with Crippen LogP contribution in [0.2, 0.25) is 0 Å². The Hall–Kier alpha value is -3.59. The molecule has 3 heterocycles. The molecule has 1 aromatic carbocycles. The quantitative estimate of drug-likeness (QED) is 0.631. The summed E-state index contributed by atoms with van der Waals surface area (Å²) < 4.78 is 10.7. The Kier molecular flexibility index (Phi) is 7.32. The van der Waals surface area contributed by atoms with Crippen molar-refractivity contribution < 1.29 is 23.5 Å². The van der Waals surface area contributed by atoms with Gasteiger partial charge in [-0.05, 0) is 31.5 Å². The maximum atomic E-state index is 13.1. The molecule has 1 N–H and O–H groups in total. The van der Waals surface area contributed by atoms with Gasteiger partial charge in [-0.2, -0.15) is 0 Å². The van der Waals surface area contributed by atoms with Crippen molar-refractivity contribution in [2.75, 3.05) is 45.9 Å². The molecule has 3 amide bonds. The van der Waals surface area contributed by atoms with Crippen molar-refractivity contribution in [2.24, 2.45) is 0 Å². The number of furan rings is 1. The van der Waals surface area contributed by atoms with E-state index in [-0.39, 0.29) is 18.5 Å². The van der Waals surface area contributed by atoms with E-state index in [2.05, 4.69) is 10.2 Å². The molecule has 2 aliphatic rings. The zero-order chi connectivity index (χ0) is 24.1. The lowest BCUT2D eigenvalue weighted by Crippen LogP contribution is -2.53. The molecule has 2 aromatic rings. The van der Waals surface area contributed by atoms with E-state index in [0.29, 0.717) is 56.3 Å². The summed E-state index contributed by atoms with van der Waals surface area (Å²) in [6, 6.07) is 12.0. The molecule has 1 atom stereocenters. The van der Waals surface area contributed by atoms with Crippen LogP contribution < -0.4 is 5.32 Å². The van der Waals surface area contributed by atoms with Crippen LogP contribution in [0, 0.1) is 0 Å². The van der Waals surface area contributed by atoms with E-state index in [9.17, 15) is 14.4 Å². The maximum Gasteiger partial charge on any atom is 0.338 e. The minimum absolute atomic E-state index is 0.132. The second kappa shape index (κ2) is 10.6. The van der Waals surface area contributed by atoms with Crippen molar-refractivity contribution in [3.8, 4) is 0 Å². The lowest BCUT2D eigenvalue weighted by atomic mass is 9.94. The molecule has 1 saturated heterocycles. The first-order valence-corrected chi connectivity index (χ1v) is 11.6. The molecule has 1 unspecified atom stereocenters. The molecule has 1 fully saturated rings. The van der Waals surface area contributed by atoms with Crippen LogP contribution >= 0.6 is 0 Å². The number of esters is 1. The van der Waals surface area contributed by atoms with E-state index >= 15 is 0 Å². The van der Waals surface area contributed by atoms with Crippen LogP contribution in [0.25, 0.3) is 0 Å². The Morgan fingerprint density at radius 3 is 2.41 bits per heavy atom. The number of nitrogens with zero attached hydrogens (tertiary/aromatic N) is 3. The molecule has 2 aliphatic heterocycles. The van der Waals surface area contributed by atoms with Gasteiger partial charge in [0.25, 0.3) is 5.91 Å². The third-order valence-corrected chi connectivity index (χ3v) is 6.15.